The van der Waals surface area contributed by atoms with Crippen LogP contribution in [0.4, 0.5) is 5.69 Å². The summed E-state index contributed by atoms with van der Waals surface area (Å²) >= 11 is 1.25. The number of nitrogens with one attached hydrogen (secondary N) is 1. The van der Waals surface area contributed by atoms with Crippen molar-refractivity contribution in [2.45, 2.75) is 24.8 Å². The fraction of sp³-hybridized carbons (Fsp3) is 0.250. The van der Waals surface area contributed by atoms with Gasteiger partial charge in [0.2, 0.25) is 0 Å². The highest BCUT2D eigenvalue weighted by Gasteiger charge is 2.18. The van der Waals surface area contributed by atoms with E-state index < -0.39 is 4.92 Å². The van der Waals surface area contributed by atoms with Crippen molar-refractivity contribution in [2.75, 3.05) is 20.8 Å². The van der Waals surface area contributed by atoms with E-state index in [1.54, 1.807) is 48.5 Å². The summed E-state index contributed by atoms with van der Waals surface area (Å²) in [4.78, 5) is 42.1. The summed E-state index contributed by atoms with van der Waals surface area (Å²) in [5.74, 6) is 1.33. The number of aromatic nitrogens is 2. The Bertz CT molecular complexity index is 1580. The predicted octanol–water partition coefficient (Wildman–Crippen LogP) is 4.99. The highest BCUT2D eigenvalue weighted by Crippen LogP contribution is 2.30. The Morgan fingerprint density at radius 3 is 2.44 bits per heavy atom. The second-order valence-corrected chi connectivity index (χ2v) is 10.1. The highest BCUT2D eigenvalue weighted by atomic mass is 32.2. The Hall–Kier alpha value is -4.38. The van der Waals surface area contributed by atoms with Crippen LogP contribution in [0, 0.1) is 16.0 Å². The molecule has 4 rings (SSSR count). The van der Waals surface area contributed by atoms with Crippen LogP contribution in [0.1, 0.15) is 29.8 Å². The molecule has 0 fully saturated rings. The zero-order valence-electron chi connectivity index (χ0n) is 22.0. The number of carbonyl (C=O) groups excluding carboxylic acids is 1. The zero-order chi connectivity index (χ0) is 28.1. The molecular formula is C28H28N4O6S. The number of carbonyl (C=O) groups is 1. The molecule has 0 radical (unpaired) electrons. The number of benzene rings is 3. The van der Waals surface area contributed by atoms with Crippen LogP contribution in [0.25, 0.3) is 16.6 Å². The number of nitro benzene ring substituents is 1. The van der Waals surface area contributed by atoms with Gasteiger partial charge in [-0.3, -0.25) is 24.3 Å². The average molecular weight is 549 g/mol. The van der Waals surface area contributed by atoms with Crippen LogP contribution in [-0.4, -0.2) is 41.1 Å². The van der Waals surface area contributed by atoms with Crippen molar-refractivity contribution in [1.82, 2.24) is 14.9 Å². The van der Waals surface area contributed by atoms with Gasteiger partial charge in [0.25, 0.3) is 17.2 Å². The van der Waals surface area contributed by atoms with E-state index in [0.717, 1.165) is 0 Å². The molecule has 39 heavy (non-hydrogen) atoms. The van der Waals surface area contributed by atoms with Gasteiger partial charge in [0.05, 0.1) is 35.7 Å². The third-order valence-corrected chi connectivity index (χ3v) is 6.87. The molecule has 0 aliphatic heterocycles. The number of methoxy groups -OCH3 is 2. The lowest BCUT2D eigenvalue weighted by molar-refractivity contribution is -0.384. The van der Waals surface area contributed by atoms with Gasteiger partial charge in [0.1, 0.15) is 11.5 Å². The molecule has 0 aliphatic carbocycles. The molecule has 1 N–H and O–H groups in total. The number of rotatable bonds is 10. The van der Waals surface area contributed by atoms with Gasteiger partial charge < -0.3 is 14.8 Å². The van der Waals surface area contributed by atoms with Crippen LogP contribution >= 0.6 is 11.8 Å². The fourth-order valence-electron chi connectivity index (χ4n) is 3.86. The van der Waals surface area contributed by atoms with Crippen molar-refractivity contribution in [1.29, 1.82) is 0 Å². The van der Waals surface area contributed by atoms with Crippen molar-refractivity contribution < 1.29 is 19.2 Å². The quantitative estimate of drug-likeness (QED) is 0.127. The number of ether oxygens (including phenoxy) is 2. The molecule has 1 amide bonds. The predicted molar refractivity (Wildman–Crippen MR) is 150 cm³/mol. The molecule has 202 valence electrons. The average Bonchev–Trinajstić information content (AvgIpc) is 2.94. The minimum absolute atomic E-state index is 0.0217. The van der Waals surface area contributed by atoms with Crippen LogP contribution in [0.2, 0.25) is 0 Å². The third-order valence-electron chi connectivity index (χ3n) is 5.86. The van der Waals surface area contributed by atoms with E-state index in [2.05, 4.69) is 5.32 Å². The Morgan fingerprint density at radius 1 is 1.08 bits per heavy atom. The number of nitrogens with zero attached hydrogens (tertiary/aromatic N) is 3. The van der Waals surface area contributed by atoms with Crippen molar-refractivity contribution >= 4 is 34.3 Å². The normalized spacial score (nSPS) is 11.0. The number of non-ortho nitro benzene ring substituents is 1. The maximum atomic E-state index is 13.8. The lowest BCUT2D eigenvalue weighted by Crippen LogP contribution is -2.27. The number of nitro groups is 1. The minimum atomic E-state index is -0.452. The molecule has 0 unspecified atom stereocenters. The monoisotopic (exact) mass is 548 g/mol. The SMILES string of the molecule is COc1cc(OC)cc(-n2c(SCc3cccc([N+](=O)[O-])c3)nc3cc(C(=O)NCC(C)C)ccc3c2=O)c1. The Morgan fingerprint density at radius 2 is 1.79 bits per heavy atom. The topological polar surface area (TPSA) is 126 Å². The molecule has 0 aliphatic rings. The first-order valence-electron chi connectivity index (χ1n) is 12.1. The van der Waals surface area contributed by atoms with E-state index in [1.807, 2.05) is 13.8 Å². The second-order valence-electron chi connectivity index (χ2n) is 9.16. The standard InChI is InChI=1S/C28H28N4O6S/c1-17(2)15-29-26(33)19-8-9-24-25(11-19)30-28(39-16-18-6-5-7-20(10-18)32(35)36)31(27(24)34)21-12-22(37-3)14-23(13-21)38-4/h5-14,17H,15-16H2,1-4H3,(H,29,33). The Kier molecular flexibility index (Phi) is 8.50. The van der Waals surface area contributed by atoms with Gasteiger partial charge in [-0.1, -0.05) is 37.7 Å². The number of thioether (sulfide) groups is 1. The molecule has 1 aromatic heterocycles. The molecule has 1 heterocycles. The maximum Gasteiger partial charge on any atom is 0.269 e. The first-order chi connectivity index (χ1) is 18.7. The Labute approximate surface area is 229 Å². The van der Waals surface area contributed by atoms with Crippen LogP contribution in [0.15, 0.2) is 70.6 Å². The van der Waals surface area contributed by atoms with E-state index in [-0.39, 0.29) is 23.1 Å². The molecule has 3 aromatic carbocycles. The third kappa shape index (κ3) is 6.37. The first-order valence-corrected chi connectivity index (χ1v) is 13.1. The molecule has 0 atom stereocenters. The molecule has 0 saturated heterocycles. The lowest BCUT2D eigenvalue weighted by Gasteiger charge is -2.16. The van der Waals surface area contributed by atoms with Gasteiger partial charge in [0.15, 0.2) is 5.16 Å². The summed E-state index contributed by atoms with van der Waals surface area (Å²) in [5, 5.41) is 14.8. The van der Waals surface area contributed by atoms with Gasteiger partial charge in [-0.05, 0) is 29.7 Å². The second kappa shape index (κ2) is 12.0. The van der Waals surface area contributed by atoms with E-state index in [0.29, 0.717) is 56.7 Å². The number of hydrogen-bond acceptors (Lipinski definition) is 8. The minimum Gasteiger partial charge on any atom is -0.497 e. The van der Waals surface area contributed by atoms with E-state index in [1.165, 1.54) is 42.7 Å². The Balaban J connectivity index is 1.84. The molecule has 4 aromatic rings. The van der Waals surface area contributed by atoms with Crippen LogP contribution < -0.4 is 20.3 Å². The first kappa shape index (κ1) is 27.6. The van der Waals surface area contributed by atoms with Gasteiger partial charge in [-0.2, -0.15) is 0 Å². The summed E-state index contributed by atoms with van der Waals surface area (Å²) < 4.78 is 12.3. The maximum absolute atomic E-state index is 13.8. The van der Waals surface area contributed by atoms with Crippen molar-refractivity contribution in [2.24, 2.45) is 5.92 Å². The number of fused-ring (bicyclic) bond motifs is 1. The molecule has 0 bridgehead atoms. The summed E-state index contributed by atoms with van der Waals surface area (Å²) in [5.41, 5.74) is 1.57. The lowest BCUT2D eigenvalue weighted by atomic mass is 10.1. The van der Waals surface area contributed by atoms with E-state index in [4.69, 9.17) is 14.5 Å². The van der Waals surface area contributed by atoms with Gasteiger partial charge in [-0.15, -0.1) is 0 Å². The molecule has 10 nitrogen and oxygen atoms in total. The summed E-state index contributed by atoms with van der Waals surface area (Å²) in [6.45, 7) is 4.53. The van der Waals surface area contributed by atoms with Crippen LogP contribution in [0.3, 0.4) is 0 Å². The number of hydrogen-bond donors (Lipinski definition) is 1. The summed E-state index contributed by atoms with van der Waals surface area (Å²) in [6, 6.07) is 16.2. The summed E-state index contributed by atoms with van der Waals surface area (Å²) in [6.07, 6.45) is 0. The van der Waals surface area contributed by atoms with Gasteiger partial charge in [-0.25, -0.2) is 4.98 Å². The number of amides is 1. The fourth-order valence-corrected chi connectivity index (χ4v) is 4.81. The van der Waals surface area contributed by atoms with Crippen LogP contribution in [-0.2, 0) is 5.75 Å². The molecule has 0 saturated carbocycles. The van der Waals surface area contributed by atoms with E-state index >= 15 is 0 Å². The zero-order valence-corrected chi connectivity index (χ0v) is 22.8. The van der Waals surface area contributed by atoms with E-state index in [9.17, 15) is 19.7 Å². The molecule has 11 heteroatoms. The smallest absolute Gasteiger partial charge is 0.269 e. The van der Waals surface area contributed by atoms with Gasteiger partial charge in [0, 0.05) is 48.2 Å². The van der Waals surface area contributed by atoms with Crippen LogP contribution in [0.5, 0.6) is 11.5 Å². The van der Waals surface area contributed by atoms with Crippen molar-refractivity contribution in [3.63, 3.8) is 0 Å². The molecular weight excluding hydrogens is 520 g/mol. The molecule has 0 spiro atoms. The summed E-state index contributed by atoms with van der Waals surface area (Å²) in [7, 11) is 3.04. The largest absolute Gasteiger partial charge is 0.497 e. The van der Waals surface area contributed by atoms with Crippen molar-refractivity contribution in [3.8, 4) is 17.2 Å². The highest BCUT2D eigenvalue weighted by molar-refractivity contribution is 7.98. The van der Waals surface area contributed by atoms with Gasteiger partial charge >= 0.3 is 0 Å². The van der Waals surface area contributed by atoms with Crippen molar-refractivity contribution in [3.05, 3.63) is 92.3 Å².